The van der Waals surface area contributed by atoms with Crippen LogP contribution in [0.15, 0.2) is 12.1 Å². The first-order chi connectivity index (χ1) is 15.0. The predicted octanol–water partition coefficient (Wildman–Crippen LogP) is 2.23. The number of nitrogens with zero attached hydrogens (tertiary/aromatic N) is 1. The number of primary amides is 1. The zero-order chi connectivity index (χ0) is 24.9. The Bertz CT molecular complexity index is 966. The van der Waals surface area contributed by atoms with E-state index in [1.807, 2.05) is 46.8 Å². The Balaban J connectivity index is 1.80. The molecule has 0 aromatic heterocycles. The monoisotopic (exact) mass is 458 g/mol. The van der Waals surface area contributed by atoms with Gasteiger partial charge in [-0.25, -0.2) is 0 Å². The molecule has 0 aliphatic carbocycles. The van der Waals surface area contributed by atoms with Gasteiger partial charge in [-0.15, -0.1) is 0 Å². The molecular weight excluding hydrogens is 423 g/mol. The Labute approximate surface area is 196 Å². The van der Waals surface area contributed by atoms with Gasteiger partial charge in [-0.2, -0.15) is 0 Å². The summed E-state index contributed by atoms with van der Waals surface area (Å²) < 4.78 is 17.7. The lowest BCUT2D eigenvalue weighted by molar-refractivity contribution is -0.155. The number of fused-ring (bicyclic) bond motifs is 1. The van der Waals surface area contributed by atoms with Crippen molar-refractivity contribution in [2.24, 2.45) is 5.73 Å². The van der Waals surface area contributed by atoms with E-state index in [0.717, 1.165) is 16.6 Å². The number of hydrogen-bond donors (Lipinski definition) is 1. The number of carbonyl (C=O) groups excluding carboxylic acids is 3. The van der Waals surface area contributed by atoms with Gasteiger partial charge in [-0.05, 0) is 78.9 Å². The van der Waals surface area contributed by atoms with Gasteiger partial charge in [0.05, 0.1) is 11.2 Å². The maximum Gasteiger partial charge on any atom is 0.495 e. The van der Waals surface area contributed by atoms with Crippen LogP contribution in [0.4, 0.5) is 0 Å². The molecule has 3 rings (SSSR count). The summed E-state index contributed by atoms with van der Waals surface area (Å²) in [7, 11) is -0.552. The van der Waals surface area contributed by atoms with Gasteiger partial charge < -0.3 is 24.7 Å². The fraction of sp³-hybridized carbons (Fsp3) is 0.625. The van der Waals surface area contributed by atoms with Crippen LogP contribution in [-0.2, 0) is 30.2 Å². The lowest BCUT2D eigenvalue weighted by atomic mass is 9.75. The molecule has 1 atom stereocenters. The van der Waals surface area contributed by atoms with E-state index in [1.54, 1.807) is 20.8 Å². The number of rotatable bonds is 6. The molecule has 2 amide bonds. The first-order valence-corrected chi connectivity index (χ1v) is 11.3. The zero-order valence-electron chi connectivity index (χ0n) is 20.9. The third-order valence-electron chi connectivity index (χ3n) is 6.58. The van der Waals surface area contributed by atoms with Crippen LogP contribution in [0, 0.1) is 6.92 Å². The van der Waals surface area contributed by atoms with Crippen molar-refractivity contribution < 1.29 is 28.4 Å². The number of ether oxygens (including phenoxy) is 1. The van der Waals surface area contributed by atoms with Gasteiger partial charge in [0.15, 0.2) is 0 Å². The van der Waals surface area contributed by atoms with Crippen molar-refractivity contribution in [1.29, 1.82) is 0 Å². The normalized spacial score (nSPS) is 20.1. The molecule has 33 heavy (non-hydrogen) atoms. The first-order valence-electron chi connectivity index (χ1n) is 11.3. The lowest BCUT2D eigenvalue weighted by Gasteiger charge is -2.32. The summed E-state index contributed by atoms with van der Waals surface area (Å²) in [5.41, 5.74) is 7.05. The molecule has 1 saturated heterocycles. The maximum absolute atomic E-state index is 13.1. The summed E-state index contributed by atoms with van der Waals surface area (Å²) in [4.78, 5) is 38.9. The van der Waals surface area contributed by atoms with E-state index in [4.69, 9.17) is 19.8 Å². The van der Waals surface area contributed by atoms with Crippen LogP contribution in [0.5, 0.6) is 0 Å². The van der Waals surface area contributed by atoms with Gasteiger partial charge in [0, 0.05) is 18.5 Å². The van der Waals surface area contributed by atoms with E-state index in [-0.39, 0.29) is 25.3 Å². The second-order valence-electron chi connectivity index (χ2n) is 10.9. The minimum absolute atomic E-state index is 0.0107. The molecule has 0 bridgehead atoms. The Morgan fingerprint density at radius 1 is 1.18 bits per heavy atom. The number of nitrogens with two attached hydrogens (primary N) is 1. The van der Waals surface area contributed by atoms with Crippen LogP contribution in [0.2, 0.25) is 0 Å². The van der Waals surface area contributed by atoms with Gasteiger partial charge in [0.1, 0.15) is 11.6 Å². The molecule has 180 valence electrons. The molecule has 0 spiro atoms. The van der Waals surface area contributed by atoms with Gasteiger partial charge in [0.2, 0.25) is 5.91 Å². The van der Waals surface area contributed by atoms with Crippen molar-refractivity contribution in [2.45, 2.75) is 97.6 Å². The smallest absolute Gasteiger partial charge is 0.460 e. The van der Waals surface area contributed by atoms with E-state index in [0.29, 0.717) is 5.56 Å². The average molecular weight is 458 g/mol. The summed E-state index contributed by atoms with van der Waals surface area (Å²) in [6.45, 7) is 15.4. The lowest BCUT2D eigenvalue weighted by Crippen LogP contribution is -2.45. The van der Waals surface area contributed by atoms with Crippen molar-refractivity contribution in [3.05, 3.63) is 28.8 Å². The van der Waals surface area contributed by atoms with E-state index in [2.05, 4.69) is 0 Å². The zero-order valence-corrected chi connectivity index (χ0v) is 20.9. The van der Waals surface area contributed by atoms with Crippen LogP contribution in [0.25, 0.3) is 0 Å². The minimum Gasteiger partial charge on any atom is -0.460 e. The molecule has 0 radical (unpaired) electrons. The topological polar surface area (TPSA) is 108 Å². The van der Waals surface area contributed by atoms with Gasteiger partial charge in [0.25, 0.3) is 5.91 Å². The quantitative estimate of drug-likeness (QED) is 0.518. The molecule has 0 saturated carbocycles. The summed E-state index contributed by atoms with van der Waals surface area (Å²) in [5, 5.41) is 0. The Hall–Kier alpha value is -2.39. The Morgan fingerprint density at radius 3 is 2.27 bits per heavy atom. The molecule has 1 aromatic rings. The predicted molar refractivity (Wildman–Crippen MR) is 125 cm³/mol. The summed E-state index contributed by atoms with van der Waals surface area (Å²) in [6.07, 6.45) is 0.0935. The molecule has 2 aliphatic heterocycles. The van der Waals surface area contributed by atoms with E-state index < -0.39 is 41.8 Å². The summed E-state index contributed by atoms with van der Waals surface area (Å²) in [5.74, 6) is -1.36. The number of benzene rings is 1. The number of carbonyl (C=O) groups is 3. The van der Waals surface area contributed by atoms with E-state index in [1.165, 1.54) is 4.90 Å². The molecule has 1 fully saturated rings. The van der Waals surface area contributed by atoms with Crippen molar-refractivity contribution in [1.82, 2.24) is 4.90 Å². The Kier molecular flexibility index (Phi) is 6.45. The highest BCUT2D eigenvalue weighted by atomic mass is 16.7. The number of esters is 1. The van der Waals surface area contributed by atoms with Crippen molar-refractivity contribution >= 4 is 30.4 Å². The van der Waals surface area contributed by atoms with Crippen LogP contribution >= 0.6 is 0 Å². The van der Waals surface area contributed by atoms with Crippen LogP contribution in [0.3, 0.4) is 0 Å². The van der Waals surface area contributed by atoms with Crippen molar-refractivity contribution in [3.63, 3.8) is 0 Å². The minimum atomic E-state index is -0.905. The molecule has 0 unspecified atom stereocenters. The third kappa shape index (κ3) is 5.09. The molecule has 2 N–H and O–H groups in total. The largest absolute Gasteiger partial charge is 0.495 e. The van der Waals surface area contributed by atoms with Gasteiger partial charge in [-0.3, -0.25) is 14.4 Å². The molecule has 8 nitrogen and oxygen atoms in total. The maximum atomic E-state index is 13.1. The van der Waals surface area contributed by atoms with Crippen LogP contribution < -0.4 is 11.2 Å². The molecule has 2 heterocycles. The SMILES string of the molecule is Cc1cc2c(cc1B1OC(C)(C)C(C)(C)O1)CN([C@@H](CCC(=O)OC(C)(C)C)C(N)=O)C2=O. The highest BCUT2D eigenvalue weighted by Gasteiger charge is 2.52. The summed E-state index contributed by atoms with van der Waals surface area (Å²) in [6, 6.07) is 2.82. The number of amides is 2. The van der Waals surface area contributed by atoms with E-state index >= 15 is 0 Å². The fourth-order valence-electron chi connectivity index (χ4n) is 4.09. The van der Waals surface area contributed by atoms with E-state index in [9.17, 15) is 14.4 Å². The van der Waals surface area contributed by atoms with Gasteiger partial charge >= 0.3 is 13.1 Å². The second kappa shape index (κ2) is 8.44. The number of aryl methyl sites for hydroxylation is 1. The molecule has 2 aliphatic rings. The summed E-state index contributed by atoms with van der Waals surface area (Å²) >= 11 is 0. The van der Waals surface area contributed by atoms with Crippen molar-refractivity contribution in [3.8, 4) is 0 Å². The van der Waals surface area contributed by atoms with Crippen molar-refractivity contribution in [2.75, 3.05) is 0 Å². The molecule has 1 aromatic carbocycles. The average Bonchev–Trinajstić information content (AvgIpc) is 3.05. The fourth-order valence-corrected chi connectivity index (χ4v) is 4.09. The highest BCUT2D eigenvalue weighted by molar-refractivity contribution is 6.62. The molecule has 9 heteroatoms. The second-order valence-corrected chi connectivity index (χ2v) is 10.9. The van der Waals surface area contributed by atoms with Crippen LogP contribution in [0.1, 0.15) is 82.8 Å². The molecular formula is C24H35BN2O6. The van der Waals surface area contributed by atoms with Gasteiger partial charge in [-0.1, -0.05) is 11.6 Å². The third-order valence-corrected chi connectivity index (χ3v) is 6.58. The highest BCUT2D eigenvalue weighted by Crippen LogP contribution is 2.37. The number of hydrogen-bond acceptors (Lipinski definition) is 6. The first kappa shape index (κ1) is 25.2. The standard InChI is InChI=1S/C24H35BN2O6/c1-14-11-16-15(12-17(14)25-32-23(5,6)24(7,8)33-25)13-27(21(16)30)18(20(26)29)9-10-19(28)31-22(2,3)4/h11-12,18H,9-10,13H2,1-8H3,(H2,26,29)/t18-/m0/s1. The van der Waals surface area contributed by atoms with Crippen LogP contribution in [-0.4, -0.2) is 52.6 Å². The Morgan fingerprint density at radius 2 is 1.76 bits per heavy atom.